The zero-order valence-corrected chi connectivity index (χ0v) is 27.0. The molecular weight excluding hydrogens is 613 g/mol. The molecule has 5 heteroatoms. The molecule has 0 N–H and O–H groups in total. The lowest BCUT2D eigenvalue weighted by Gasteiger charge is -2.11. The SMILES string of the molecule is c1ccc(-c2nc(-c3ccccc3)nc(-c3cccc(-n4c5ccccc5c5cc(-c6cccoc7ccccc7cc6)ccc54)c3)n2)cc1. The lowest BCUT2D eigenvalue weighted by molar-refractivity contribution is 0.606. The van der Waals surface area contributed by atoms with Crippen molar-refractivity contribution in [1.29, 1.82) is 0 Å². The Hall–Kier alpha value is -6.85. The number of rotatable bonds is 5. The van der Waals surface area contributed by atoms with Gasteiger partial charge in [-0.1, -0.05) is 133 Å². The fraction of sp³-hybridized carbons (Fsp3) is 0. The second kappa shape index (κ2) is 12.6. The topological polar surface area (TPSA) is 56.7 Å². The fourth-order valence-corrected chi connectivity index (χ4v) is 6.56. The van der Waals surface area contributed by atoms with Crippen LogP contribution in [0.2, 0.25) is 0 Å². The molecule has 0 spiro atoms. The van der Waals surface area contributed by atoms with Crippen LogP contribution in [0.4, 0.5) is 0 Å². The summed E-state index contributed by atoms with van der Waals surface area (Å²) in [7, 11) is 0. The number of benzene rings is 6. The second-order valence-corrected chi connectivity index (χ2v) is 12.1. The van der Waals surface area contributed by atoms with Gasteiger partial charge in [0.1, 0.15) is 5.58 Å². The minimum atomic E-state index is 0.625. The molecule has 6 aromatic carbocycles. The summed E-state index contributed by atoms with van der Waals surface area (Å²) in [5, 5.41) is 3.40. The quantitative estimate of drug-likeness (QED) is 0.187. The lowest BCUT2D eigenvalue weighted by Crippen LogP contribution is -2.01. The number of nitrogens with zero attached hydrogens (tertiary/aromatic N) is 4. The van der Waals surface area contributed by atoms with Gasteiger partial charge in [-0.2, -0.15) is 0 Å². The van der Waals surface area contributed by atoms with Crippen molar-refractivity contribution < 1.29 is 4.42 Å². The van der Waals surface area contributed by atoms with Crippen LogP contribution in [0, 0.1) is 0 Å². The highest BCUT2D eigenvalue weighted by atomic mass is 16.3. The Morgan fingerprint density at radius 3 is 1.76 bits per heavy atom. The Balaban J connectivity index is 1.19. The van der Waals surface area contributed by atoms with Gasteiger partial charge in [-0.25, -0.2) is 15.0 Å². The standard InChI is InChI=1S/C45H30N4O/c1-3-14-33(15-4-1)43-46-44(34-16-5-2-6-17-34)48-45(47-43)36-18-11-20-37(29-36)49-40-22-9-8-21-38(40)39-30-35(26-27-41(39)49)31-19-12-28-50-42-23-10-7-13-32(42)25-24-31/h1-30H. The van der Waals surface area contributed by atoms with Crippen molar-refractivity contribution in [2.24, 2.45) is 0 Å². The first kappa shape index (κ1) is 29.3. The van der Waals surface area contributed by atoms with Crippen molar-refractivity contribution in [1.82, 2.24) is 19.5 Å². The van der Waals surface area contributed by atoms with Crippen molar-refractivity contribution in [3.05, 3.63) is 182 Å². The van der Waals surface area contributed by atoms with Crippen LogP contribution in [-0.4, -0.2) is 19.5 Å². The summed E-state index contributed by atoms with van der Waals surface area (Å²) in [5.74, 6) is 1.91. The summed E-state index contributed by atoms with van der Waals surface area (Å²) in [5.41, 5.74) is 9.14. The van der Waals surface area contributed by atoms with Gasteiger partial charge in [-0.3, -0.25) is 0 Å². The molecule has 236 valence electrons. The third-order valence-electron chi connectivity index (χ3n) is 8.98. The van der Waals surface area contributed by atoms with E-state index in [9.17, 15) is 0 Å². The summed E-state index contributed by atoms with van der Waals surface area (Å²) in [4.78, 5) is 14.9. The lowest BCUT2D eigenvalue weighted by atomic mass is 10.0. The van der Waals surface area contributed by atoms with E-state index >= 15 is 0 Å². The molecular formula is C45H30N4O. The van der Waals surface area contributed by atoms with Crippen molar-refractivity contribution in [3.63, 3.8) is 0 Å². The Labute approximate surface area is 289 Å². The van der Waals surface area contributed by atoms with E-state index in [1.165, 1.54) is 10.8 Å². The zero-order valence-electron chi connectivity index (χ0n) is 27.0. The monoisotopic (exact) mass is 642 g/mol. The minimum absolute atomic E-state index is 0.625. The molecule has 0 aliphatic rings. The summed E-state index contributed by atoms with van der Waals surface area (Å²) in [6.45, 7) is 0. The van der Waals surface area contributed by atoms with Crippen molar-refractivity contribution >= 4 is 32.8 Å². The van der Waals surface area contributed by atoms with E-state index < -0.39 is 0 Å². The van der Waals surface area contributed by atoms with Crippen LogP contribution in [-0.2, 0) is 0 Å². The first-order valence-electron chi connectivity index (χ1n) is 16.6. The highest BCUT2D eigenvalue weighted by molar-refractivity contribution is 6.10. The normalized spacial score (nSPS) is 11.2. The Morgan fingerprint density at radius 1 is 0.380 bits per heavy atom. The average molecular weight is 643 g/mol. The molecule has 0 saturated carbocycles. The van der Waals surface area contributed by atoms with E-state index in [0.29, 0.717) is 17.5 Å². The minimum Gasteiger partial charge on any atom is -0.464 e. The summed E-state index contributed by atoms with van der Waals surface area (Å²) in [6.07, 6.45) is 1.74. The van der Waals surface area contributed by atoms with Gasteiger partial charge in [0.15, 0.2) is 17.5 Å². The van der Waals surface area contributed by atoms with Gasteiger partial charge in [0.25, 0.3) is 0 Å². The van der Waals surface area contributed by atoms with E-state index in [1.54, 1.807) is 6.26 Å². The highest BCUT2D eigenvalue weighted by Gasteiger charge is 2.16. The van der Waals surface area contributed by atoms with Crippen LogP contribution in [0.15, 0.2) is 187 Å². The maximum atomic E-state index is 5.88. The molecule has 5 nitrogen and oxygen atoms in total. The first-order valence-corrected chi connectivity index (χ1v) is 16.6. The Bertz CT molecular complexity index is 2650. The molecule has 0 amide bonds. The van der Waals surface area contributed by atoms with E-state index in [1.807, 2.05) is 84.9 Å². The second-order valence-electron chi connectivity index (χ2n) is 12.1. The van der Waals surface area contributed by atoms with Crippen LogP contribution in [0.25, 0.3) is 83.8 Å². The molecule has 0 saturated heterocycles. The molecule has 50 heavy (non-hydrogen) atoms. The Morgan fingerprint density at radius 2 is 0.980 bits per heavy atom. The van der Waals surface area contributed by atoms with Crippen molar-refractivity contribution in [2.45, 2.75) is 0 Å². The van der Waals surface area contributed by atoms with Crippen LogP contribution >= 0.6 is 0 Å². The number of aromatic nitrogens is 4. The molecule has 0 fully saturated rings. The molecule has 0 bridgehead atoms. The van der Waals surface area contributed by atoms with Gasteiger partial charge in [0.05, 0.1) is 17.3 Å². The molecule has 0 aliphatic heterocycles. The van der Waals surface area contributed by atoms with E-state index in [0.717, 1.165) is 55.5 Å². The van der Waals surface area contributed by atoms with E-state index in [4.69, 9.17) is 19.4 Å². The van der Waals surface area contributed by atoms with Crippen molar-refractivity contribution in [2.75, 3.05) is 0 Å². The highest BCUT2D eigenvalue weighted by Crippen LogP contribution is 2.36. The number of hydrogen-bond acceptors (Lipinski definition) is 4. The summed E-state index contributed by atoms with van der Waals surface area (Å²) < 4.78 is 8.21. The molecule has 0 radical (unpaired) electrons. The summed E-state index contributed by atoms with van der Waals surface area (Å²) in [6, 6.07) is 60.3. The van der Waals surface area contributed by atoms with Gasteiger partial charge >= 0.3 is 0 Å². The van der Waals surface area contributed by atoms with Gasteiger partial charge in [-0.05, 0) is 53.6 Å². The number of para-hydroxylation sites is 2. The van der Waals surface area contributed by atoms with Gasteiger partial charge < -0.3 is 8.98 Å². The maximum absolute atomic E-state index is 5.88. The fourth-order valence-electron chi connectivity index (χ4n) is 6.56. The zero-order chi connectivity index (χ0) is 33.3. The van der Waals surface area contributed by atoms with Gasteiger partial charge in [0.2, 0.25) is 0 Å². The summed E-state index contributed by atoms with van der Waals surface area (Å²) >= 11 is 0. The number of fused-ring (bicyclic) bond motifs is 4. The van der Waals surface area contributed by atoms with Crippen LogP contribution in [0.5, 0.6) is 0 Å². The molecule has 0 aliphatic carbocycles. The average Bonchev–Trinajstić information content (AvgIpc) is 3.57. The predicted molar refractivity (Wildman–Crippen MR) is 203 cm³/mol. The van der Waals surface area contributed by atoms with Crippen LogP contribution in [0.3, 0.4) is 0 Å². The smallest absolute Gasteiger partial charge is 0.164 e. The molecule has 3 heterocycles. The van der Waals surface area contributed by atoms with Crippen LogP contribution in [0.1, 0.15) is 0 Å². The van der Waals surface area contributed by atoms with E-state index in [-0.39, 0.29) is 0 Å². The van der Waals surface area contributed by atoms with Gasteiger partial charge in [-0.15, -0.1) is 0 Å². The van der Waals surface area contributed by atoms with Crippen molar-refractivity contribution in [3.8, 4) is 51.0 Å². The van der Waals surface area contributed by atoms with E-state index in [2.05, 4.69) is 95.6 Å². The molecule has 9 rings (SSSR count). The predicted octanol–water partition coefficient (Wildman–Crippen LogP) is 11.5. The Kier molecular flexibility index (Phi) is 7.41. The largest absolute Gasteiger partial charge is 0.464 e. The van der Waals surface area contributed by atoms with Crippen LogP contribution < -0.4 is 0 Å². The maximum Gasteiger partial charge on any atom is 0.164 e. The third kappa shape index (κ3) is 5.47. The number of hydrogen-bond donors (Lipinski definition) is 0. The molecule has 3 aromatic heterocycles. The molecule has 9 aromatic rings. The van der Waals surface area contributed by atoms with Gasteiger partial charge in [0, 0.05) is 38.5 Å². The molecule has 0 atom stereocenters. The first-order chi connectivity index (χ1) is 24.8. The molecule has 0 unspecified atom stereocenters. The third-order valence-corrected chi connectivity index (χ3v) is 8.98.